The average molecular weight is 519 g/mol. The number of piperidine rings is 1. The maximum Gasteiger partial charge on any atom is 0.310 e. The number of benzene rings is 3. The number of anilines is 1. The molecule has 1 saturated heterocycles. The maximum absolute atomic E-state index is 14.0. The number of carbonyl (C=O) groups is 3. The molecule has 1 atom stereocenters. The van der Waals surface area contributed by atoms with Gasteiger partial charge in [0.2, 0.25) is 0 Å². The van der Waals surface area contributed by atoms with Crippen LogP contribution in [0.25, 0.3) is 0 Å². The standard InChI is InChI=1S/C29H27FN2O4S/c1-2-36-29(35)21-8-6-14-31(18-21)27(33)20-12-13-26-24(16-20)32(17-19-7-5-9-22(30)15-19)28(34)23-10-3-4-11-25(23)37-26/h3-5,7,9-13,15-16,21H,2,6,8,14,17-18H2,1H3/t21-/m0/s1. The second-order valence-electron chi connectivity index (χ2n) is 9.14. The van der Waals surface area contributed by atoms with Gasteiger partial charge in [0.05, 0.1) is 30.3 Å². The Balaban J connectivity index is 1.49. The van der Waals surface area contributed by atoms with E-state index in [1.54, 1.807) is 47.1 Å². The Hall–Kier alpha value is -3.65. The number of likely N-dealkylation sites (tertiary alicyclic amines) is 1. The summed E-state index contributed by atoms with van der Waals surface area (Å²) >= 11 is 1.47. The monoisotopic (exact) mass is 518 g/mol. The van der Waals surface area contributed by atoms with Crippen LogP contribution in [0.2, 0.25) is 0 Å². The molecule has 3 aromatic carbocycles. The van der Waals surface area contributed by atoms with Crippen molar-refractivity contribution in [3.63, 3.8) is 0 Å². The van der Waals surface area contributed by atoms with Gasteiger partial charge in [-0.15, -0.1) is 0 Å². The van der Waals surface area contributed by atoms with Gasteiger partial charge in [-0.25, -0.2) is 4.39 Å². The molecule has 1 fully saturated rings. The Kier molecular flexibility index (Phi) is 7.28. The summed E-state index contributed by atoms with van der Waals surface area (Å²) in [5.74, 6) is -1.39. The predicted molar refractivity (Wildman–Crippen MR) is 139 cm³/mol. The van der Waals surface area contributed by atoms with E-state index >= 15 is 0 Å². The van der Waals surface area contributed by atoms with Crippen LogP contribution in [0.3, 0.4) is 0 Å². The molecule has 6 nitrogen and oxygen atoms in total. The van der Waals surface area contributed by atoms with Crippen LogP contribution < -0.4 is 4.90 Å². The molecule has 190 valence electrons. The van der Waals surface area contributed by atoms with Crippen molar-refractivity contribution >= 4 is 35.2 Å². The van der Waals surface area contributed by atoms with Crippen LogP contribution >= 0.6 is 11.8 Å². The average Bonchev–Trinajstić information content (AvgIpc) is 3.02. The number of carbonyl (C=O) groups excluding carboxylic acids is 3. The van der Waals surface area contributed by atoms with E-state index in [4.69, 9.17) is 4.74 Å². The largest absolute Gasteiger partial charge is 0.466 e. The molecule has 0 aliphatic carbocycles. The minimum Gasteiger partial charge on any atom is -0.466 e. The number of nitrogens with zero attached hydrogens (tertiary/aromatic N) is 2. The lowest BCUT2D eigenvalue weighted by Crippen LogP contribution is -2.42. The number of rotatable bonds is 5. The summed E-state index contributed by atoms with van der Waals surface area (Å²) in [5, 5.41) is 0. The van der Waals surface area contributed by atoms with Gasteiger partial charge in [-0.05, 0) is 67.8 Å². The molecule has 0 unspecified atom stereocenters. The van der Waals surface area contributed by atoms with Crippen LogP contribution in [0.4, 0.5) is 10.1 Å². The zero-order chi connectivity index (χ0) is 25.9. The van der Waals surface area contributed by atoms with E-state index in [2.05, 4.69) is 0 Å². The van der Waals surface area contributed by atoms with Crippen molar-refractivity contribution in [1.82, 2.24) is 4.90 Å². The van der Waals surface area contributed by atoms with Gasteiger partial charge in [0.1, 0.15) is 5.82 Å². The SMILES string of the molecule is CCOC(=O)[C@H]1CCCN(C(=O)c2ccc3c(c2)N(Cc2cccc(F)c2)C(=O)c2ccccc2S3)C1. The minimum absolute atomic E-state index is 0.158. The molecule has 2 heterocycles. The number of hydrogen-bond donors (Lipinski definition) is 0. The van der Waals surface area contributed by atoms with Gasteiger partial charge in [0.15, 0.2) is 0 Å². The molecule has 8 heteroatoms. The lowest BCUT2D eigenvalue weighted by atomic mass is 9.97. The summed E-state index contributed by atoms with van der Waals surface area (Å²) in [6.07, 6.45) is 1.41. The first-order valence-electron chi connectivity index (χ1n) is 12.4. The molecule has 37 heavy (non-hydrogen) atoms. The second kappa shape index (κ2) is 10.8. The first kappa shape index (κ1) is 25.0. The third kappa shape index (κ3) is 5.25. The first-order chi connectivity index (χ1) is 17.9. The third-order valence-corrected chi connectivity index (χ3v) is 7.78. The molecule has 5 rings (SSSR count). The number of fused-ring (bicyclic) bond motifs is 2. The number of ether oxygens (including phenoxy) is 1. The second-order valence-corrected chi connectivity index (χ2v) is 10.2. The molecule has 3 aromatic rings. The highest BCUT2D eigenvalue weighted by molar-refractivity contribution is 7.99. The number of hydrogen-bond acceptors (Lipinski definition) is 5. The third-order valence-electron chi connectivity index (χ3n) is 6.64. The van der Waals surface area contributed by atoms with Crippen molar-refractivity contribution in [1.29, 1.82) is 0 Å². The zero-order valence-corrected chi connectivity index (χ0v) is 21.3. The molecular weight excluding hydrogens is 491 g/mol. The smallest absolute Gasteiger partial charge is 0.310 e. The molecule has 2 aliphatic heterocycles. The Bertz CT molecular complexity index is 1360. The highest BCUT2D eigenvalue weighted by Gasteiger charge is 2.32. The van der Waals surface area contributed by atoms with Crippen LogP contribution in [-0.4, -0.2) is 42.4 Å². The Labute approximate surface area is 219 Å². The molecule has 0 aromatic heterocycles. The molecule has 2 aliphatic rings. The van der Waals surface area contributed by atoms with Gasteiger partial charge in [0, 0.05) is 28.4 Å². The maximum atomic E-state index is 14.0. The highest BCUT2D eigenvalue weighted by atomic mass is 32.2. The quantitative estimate of drug-likeness (QED) is 0.414. The molecule has 0 saturated carbocycles. The normalized spacial score (nSPS) is 17.0. The summed E-state index contributed by atoms with van der Waals surface area (Å²) in [6, 6.07) is 18.9. The summed E-state index contributed by atoms with van der Waals surface area (Å²) in [6.45, 7) is 3.10. The number of esters is 1. The molecule has 0 radical (unpaired) electrons. The fourth-order valence-electron chi connectivity index (χ4n) is 4.82. The summed E-state index contributed by atoms with van der Waals surface area (Å²) in [7, 11) is 0. The molecule has 2 amide bonds. The van der Waals surface area contributed by atoms with Crippen molar-refractivity contribution in [3.8, 4) is 0 Å². The van der Waals surface area contributed by atoms with E-state index < -0.39 is 0 Å². The summed E-state index contributed by atoms with van der Waals surface area (Å²) in [4.78, 5) is 44.5. The lowest BCUT2D eigenvalue weighted by Gasteiger charge is -2.32. The highest BCUT2D eigenvalue weighted by Crippen LogP contribution is 2.42. The van der Waals surface area contributed by atoms with Crippen molar-refractivity contribution in [2.75, 3.05) is 24.6 Å². The zero-order valence-electron chi connectivity index (χ0n) is 20.5. The Morgan fingerprint density at radius 1 is 1.05 bits per heavy atom. The summed E-state index contributed by atoms with van der Waals surface area (Å²) in [5.41, 5.74) is 2.24. The lowest BCUT2D eigenvalue weighted by molar-refractivity contribution is -0.149. The van der Waals surface area contributed by atoms with Crippen LogP contribution in [-0.2, 0) is 16.1 Å². The van der Waals surface area contributed by atoms with E-state index in [1.165, 1.54) is 23.9 Å². The Morgan fingerprint density at radius 2 is 1.89 bits per heavy atom. The van der Waals surface area contributed by atoms with Crippen molar-refractivity contribution in [3.05, 3.63) is 89.2 Å². The first-order valence-corrected chi connectivity index (χ1v) is 13.2. The summed E-state index contributed by atoms with van der Waals surface area (Å²) < 4.78 is 19.1. The molecule has 0 spiro atoms. The van der Waals surface area contributed by atoms with Crippen molar-refractivity contribution in [2.45, 2.75) is 36.1 Å². The molecule has 0 bridgehead atoms. The van der Waals surface area contributed by atoms with Gasteiger partial charge >= 0.3 is 5.97 Å². The number of amides is 2. The van der Waals surface area contributed by atoms with E-state index in [1.807, 2.05) is 24.3 Å². The van der Waals surface area contributed by atoms with Gasteiger partial charge in [-0.3, -0.25) is 14.4 Å². The van der Waals surface area contributed by atoms with E-state index in [0.717, 1.165) is 16.2 Å². The van der Waals surface area contributed by atoms with Gasteiger partial charge < -0.3 is 14.5 Å². The van der Waals surface area contributed by atoms with Crippen LogP contribution in [0, 0.1) is 11.7 Å². The van der Waals surface area contributed by atoms with E-state index in [0.29, 0.717) is 48.5 Å². The van der Waals surface area contributed by atoms with Crippen LogP contribution in [0.15, 0.2) is 76.5 Å². The van der Waals surface area contributed by atoms with Gasteiger partial charge in [-0.1, -0.05) is 36.0 Å². The van der Waals surface area contributed by atoms with Gasteiger partial charge in [-0.2, -0.15) is 0 Å². The Morgan fingerprint density at radius 3 is 2.70 bits per heavy atom. The molecule has 0 N–H and O–H groups in total. The van der Waals surface area contributed by atoms with Crippen LogP contribution in [0.1, 0.15) is 46.0 Å². The van der Waals surface area contributed by atoms with Crippen LogP contribution in [0.5, 0.6) is 0 Å². The van der Waals surface area contributed by atoms with Crippen molar-refractivity contribution < 1.29 is 23.5 Å². The minimum atomic E-state index is -0.375. The van der Waals surface area contributed by atoms with E-state index in [9.17, 15) is 18.8 Å². The predicted octanol–water partition coefficient (Wildman–Crippen LogP) is 5.55. The molecular formula is C29H27FN2O4S. The fraction of sp³-hybridized carbons (Fsp3) is 0.276. The fourth-order valence-corrected chi connectivity index (χ4v) is 5.88. The van der Waals surface area contributed by atoms with Gasteiger partial charge in [0.25, 0.3) is 11.8 Å². The van der Waals surface area contributed by atoms with Crippen molar-refractivity contribution in [2.24, 2.45) is 5.92 Å². The topological polar surface area (TPSA) is 66.9 Å². The van der Waals surface area contributed by atoms with E-state index in [-0.39, 0.29) is 36.1 Å². The number of halogens is 1.